The molecule has 1 aromatic carbocycles. The molecule has 1 atom stereocenters. The molecular weight excluding hydrogens is 244 g/mol. The van der Waals surface area contributed by atoms with E-state index >= 15 is 0 Å². The molecule has 0 heterocycles. The molecule has 5 heteroatoms. The van der Waals surface area contributed by atoms with E-state index in [1.54, 1.807) is 25.3 Å². The Kier molecular flexibility index (Phi) is 6.15. The maximum Gasteiger partial charge on any atom is 0.228 e. The highest BCUT2D eigenvalue weighted by Crippen LogP contribution is 2.29. The second-order valence-corrected chi connectivity index (χ2v) is 4.24. The van der Waals surface area contributed by atoms with Crippen molar-refractivity contribution in [3.05, 3.63) is 18.2 Å². The van der Waals surface area contributed by atoms with Gasteiger partial charge in [0.2, 0.25) is 5.91 Å². The number of ether oxygens (including phenoxy) is 2. The maximum atomic E-state index is 12.0. The van der Waals surface area contributed by atoms with Crippen molar-refractivity contribution < 1.29 is 14.3 Å². The van der Waals surface area contributed by atoms with Gasteiger partial charge in [-0.25, -0.2) is 0 Å². The van der Waals surface area contributed by atoms with Gasteiger partial charge in [0.15, 0.2) is 0 Å². The van der Waals surface area contributed by atoms with Gasteiger partial charge in [-0.15, -0.1) is 0 Å². The van der Waals surface area contributed by atoms with Crippen LogP contribution in [0.5, 0.6) is 11.5 Å². The molecule has 106 valence electrons. The number of benzene rings is 1. The van der Waals surface area contributed by atoms with Crippen LogP contribution in [0.25, 0.3) is 0 Å². The predicted molar refractivity (Wildman–Crippen MR) is 75.9 cm³/mol. The Bertz CT molecular complexity index is 421. The van der Waals surface area contributed by atoms with E-state index in [4.69, 9.17) is 9.47 Å². The van der Waals surface area contributed by atoms with Crippen LogP contribution in [0.3, 0.4) is 0 Å². The van der Waals surface area contributed by atoms with E-state index in [1.807, 2.05) is 20.9 Å². The Morgan fingerprint density at radius 2 is 2.16 bits per heavy atom. The van der Waals surface area contributed by atoms with Crippen LogP contribution in [0.2, 0.25) is 0 Å². The molecule has 0 spiro atoms. The molecule has 0 bridgehead atoms. The van der Waals surface area contributed by atoms with Gasteiger partial charge < -0.3 is 20.1 Å². The van der Waals surface area contributed by atoms with E-state index in [1.165, 1.54) is 0 Å². The van der Waals surface area contributed by atoms with Gasteiger partial charge in [-0.2, -0.15) is 0 Å². The fourth-order valence-electron chi connectivity index (χ4n) is 1.67. The van der Waals surface area contributed by atoms with Gasteiger partial charge in [0.1, 0.15) is 11.5 Å². The molecule has 1 rings (SSSR count). The molecule has 0 aliphatic carbocycles. The van der Waals surface area contributed by atoms with E-state index in [2.05, 4.69) is 10.6 Å². The third-order valence-corrected chi connectivity index (χ3v) is 2.70. The number of amides is 1. The summed E-state index contributed by atoms with van der Waals surface area (Å²) in [4.78, 5) is 12.0. The fraction of sp³-hybridized carbons (Fsp3) is 0.500. The first-order valence-electron chi connectivity index (χ1n) is 6.38. The van der Waals surface area contributed by atoms with Crippen molar-refractivity contribution in [2.45, 2.75) is 13.8 Å². The average molecular weight is 266 g/mol. The van der Waals surface area contributed by atoms with Gasteiger partial charge in [-0.3, -0.25) is 4.79 Å². The van der Waals surface area contributed by atoms with E-state index in [9.17, 15) is 4.79 Å². The molecule has 0 saturated carbocycles. The summed E-state index contributed by atoms with van der Waals surface area (Å²) in [7, 11) is 3.41. The normalized spacial score (nSPS) is 11.8. The first-order chi connectivity index (χ1) is 9.12. The molecule has 0 radical (unpaired) electrons. The Hall–Kier alpha value is -1.75. The topological polar surface area (TPSA) is 59.6 Å². The van der Waals surface area contributed by atoms with Crippen LogP contribution in [0.1, 0.15) is 13.8 Å². The quantitative estimate of drug-likeness (QED) is 0.791. The molecule has 0 aliphatic heterocycles. The van der Waals surface area contributed by atoms with Gasteiger partial charge in [-0.1, -0.05) is 6.92 Å². The van der Waals surface area contributed by atoms with Crippen LogP contribution < -0.4 is 20.1 Å². The van der Waals surface area contributed by atoms with E-state index < -0.39 is 0 Å². The largest absolute Gasteiger partial charge is 0.497 e. The van der Waals surface area contributed by atoms with E-state index in [-0.39, 0.29) is 11.8 Å². The first kappa shape index (κ1) is 15.3. The van der Waals surface area contributed by atoms with Crippen LogP contribution in [-0.4, -0.2) is 33.2 Å². The van der Waals surface area contributed by atoms with Crippen LogP contribution in [0, 0.1) is 5.92 Å². The zero-order valence-corrected chi connectivity index (χ0v) is 11.9. The molecule has 19 heavy (non-hydrogen) atoms. The van der Waals surface area contributed by atoms with Crippen molar-refractivity contribution in [3.63, 3.8) is 0 Å². The zero-order chi connectivity index (χ0) is 14.3. The van der Waals surface area contributed by atoms with Crippen molar-refractivity contribution >= 4 is 11.6 Å². The Balaban J connectivity index is 2.87. The number of methoxy groups -OCH3 is 1. The van der Waals surface area contributed by atoms with E-state index in [0.29, 0.717) is 30.3 Å². The second kappa shape index (κ2) is 7.63. The van der Waals surface area contributed by atoms with Gasteiger partial charge in [0.25, 0.3) is 0 Å². The summed E-state index contributed by atoms with van der Waals surface area (Å²) in [5.74, 6) is 1.16. The predicted octanol–water partition coefficient (Wildman–Crippen LogP) is 1.89. The monoisotopic (exact) mass is 266 g/mol. The number of hydrogen-bond acceptors (Lipinski definition) is 4. The number of rotatable bonds is 7. The summed E-state index contributed by atoms with van der Waals surface area (Å²) in [5.41, 5.74) is 0.633. The SMILES string of the molecule is CCOc1ccc(OC)cc1NC(=O)C(C)CNC. The molecule has 0 saturated heterocycles. The number of nitrogens with one attached hydrogen (secondary N) is 2. The minimum absolute atomic E-state index is 0.0523. The highest BCUT2D eigenvalue weighted by Gasteiger charge is 2.15. The van der Waals surface area contributed by atoms with Crippen molar-refractivity contribution in [1.82, 2.24) is 5.32 Å². The summed E-state index contributed by atoms with van der Waals surface area (Å²) in [6.45, 7) is 4.94. The first-order valence-corrected chi connectivity index (χ1v) is 6.38. The molecule has 5 nitrogen and oxygen atoms in total. The lowest BCUT2D eigenvalue weighted by atomic mass is 10.1. The van der Waals surface area contributed by atoms with Crippen molar-refractivity contribution in [3.8, 4) is 11.5 Å². The average Bonchev–Trinajstić information content (AvgIpc) is 2.41. The smallest absolute Gasteiger partial charge is 0.228 e. The third kappa shape index (κ3) is 4.44. The molecule has 0 fully saturated rings. The summed E-state index contributed by atoms with van der Waals surface area (Å²) >= 11 is 0. The second-order valence-electron chi connectivity index (χ2n) is 4.24. The Morgan fingerprint density at radius 3 is 2.74 bits per heavy atom. The lowest BCUT2D eigenvalue weighted by Crippen LogP contribution is -2.28. The number of hydrogen-bond donors (Lipinski definition) is 2. The number of carbonyl (C=O) groups excluding carboxylic acids is 1. The van der Waals surface area contributed by atoms with Crippen molar-refractivity contribution in [1.29, 1.82) is 0 Å². The number of carbonyl (C=O) groups is 1. The van der Waals surface area contributed by atoms with Gasteiger partial charge >= 0.3 is 0 Å². The van der Waals surface area contributed by atoms with Crippen molar-refractivity contribution in [2.75, 3.05) is 32.6 Å². The fourth-order valence-corrected chi connectivity index (χ4v) is 1.67. The summed E-state index contributed by atoms with van der Waals surface area (Å²) in [5, 5.41) is 5.85. The standard InChI is InChI=1S/C14H22N2O3/c1-5-19-13-7-6-11(18-4)8-12(13)16-14(17)10(2)9-15-3/h6-8,10,15H,5,9H2,1-4H3,(H,16,17). The van der Waals surface area contributed by atoms with Crippen LogP contribution in [0.4, 0.5) is 5.69 Å². The lowest BCUT2D eigenvalue weighted by molar-refractivity contribution is -0.119. The molecule has 0 aromatic heterocycles. The molecule has 1 unspecified atom stereocenters. The Labute approximate surface area is 114 Å². The van der Waals surface area contributed by atoms with Crippen LogP contribution in [-0.2, 0) is 4.79 Å². The molecule has 1 amide bonds. The van der Waals surface area contributed by atoms with Crippen LogP contribution in [0.15, 0.2) is 18.2 Å². The maximum absolute atomic E-state index is 12.0. The molecule has 1 aromatic rings. The third-order valence-electron chi connectivity index (χ3n) is 2.70. The minimum atomic E-state index is -0.120. The molecule has 0 aliphatic rings. The Morgan fingerprint density at radius 1 is 1.42 bits per heavy atom. The minimum Gasteiger partial charge on any atom is -0.497 e. The summed E-state index contributed by atoms with van der Waals surface area (Å²) in [6, 6.07) is 5.35. The highest BCUT2D eigenvalue weighted by molar-refractivity contribution is 5.94. The molecule has 2 N–H and O–H groups in total. The van der Waals surface area contributed by atoms with E-state index in [0.717, 1.165) is 0 Å². The van der Waals surface area contributed by atoms with Gasteiger partial charge in [-0.05, 0) is 26.1 Å². The summed E-state index contributed by atoms with van der Waals surface area (Å²) in [6.07, 6.45) is 0. The zero-order valence-electron chi connectivity index (χ0n) is 11.9. The number of anilines is 1. The van der Waals surface area contributed by atoms with Crippen molar-refractivity contribution in [2.24, 2.45) is 5.92 Å². The molecular formula is C14H22N2O3. The lowest BCUT2D eigenvalue weighted by Gasteiger charge is -2.15. The van der Waals surface area contributed by atoms with Gasteiger partial charge in [0, 0.05) is 18.5 Å². The summed E-state index contributed by atoms with van der Waals surface area (Å²) < 4.78 is 10.6. The van der Waals surface area contributed by atoms with Crippen LogP contribution >= 0.6 is 0 Å². The van der Waals surface area contributed by atoms with Gasteiger partial charge in [0.05, 0.1) is 19.4 Å². The highest BCUT2D eigenvalue weighted by atomic mass is 16.5.